The van der Waals surface area contributed by atoms with Crippen LogP contribution in [0.15, 0.2) is 42.5 Å². The molecule has 1 fully saturated rings. The van der Waals surface area contributed by atoms with Crippen LogP contribution < -0.4 is 0 Å². The van der Waals surface area contributed by atoms with Gasteiger partial charge >= 0.3 is 0 Å². The monoisotopic (exact) mass is 387 g/mol. The molecule has 8 heteroatoms. The van der Waals surface area contributed by atoms with Crippen LogP contribution in [0.2, 0.25) is 5.02 Å². The topological polar surface area (TPSA) is 83.8 Å². The second-order valence-corrected chi connectivity index (χ2v) is 6.79. The van der Waals surface area contributed by atoms with Gasteiger partial charge in [-0.1, -0.05) is 23.7 Å². The molecule has 1 aliphatic heterocycles. The number of hydrogen-bond acceptors (Lipinski definition) is 4. The van der Waals surface area contributed by atoms with Gasteiger partial charge in [0.2, 0.25) is 0 Å². The Kier molecular flexibility index (Phi) is 5.41. The SMILES string of the molecule is Cc1ccc(C(=O)N2CCN(C(=O)c3cccc(Cl)c3)CC2)cc1[N+](=O)[O-]. The van der Waals surface area contributed by atoms with Crippen LogP contribution in [0.3, 0.4) is 0 Å². The normalized spacial score (nSPS) is 14.1. The van der Waals surface area contributed by atoms with E-state index in [9.17, 15) is 19.7 Å². The number of benzene rings is 2. The van der Waals surface area contributed by atoms with Crippen LogP contribution in [-0.2, 0) is 0 Å². The molecule has 1 saturated heterocycles. The number of hydrogen-bond donors (Lipinski definition) is 0. The smallest absolute Gasteiger partial charge is 0.273 e. The van der Waals surface area contributed by atoms with Gasteiger partial charge in [-0.25, -0.2) is 0 Å². The molecular weight excluding hydrogens is 370 g/mol. The van der Waals surface area contributed by atoms with Gasteiger partial charge in [-0.3, -0.25) is 19.7 Å². The van der Waals surface area contributed by atoms with Gasteiger partial charge in [0.25, 0.3) is 17.5 Å². The number of carbonyl (C=O) groups is 2. The Morgan fingerprint density at radius 1 is 0.963 bits per heavy atom. The number of rotatable bonds is 3. The van der Waals surface area contributed by atoms with Crippen molar-refractivity contribution in [2.75, 3.05) is 26.2 Å². The van der Waals surface area contributed by atoms with Crippen molar-refractivity contribution >= 4 is 29.1 Å². The first kappa shape index (κ1) is 18.8. The molecule has 27 heavy (non-hydrogen) atoms. The molecule has 1 heterocycles. The van der Waals surface area contributed by atoms with Gasteiger partial charge < -0.3 is 9.80 Å². The summed E-state index contributed by atoms with van der Waals surface area (Å²) in [5, 5.41) is 11.6. The van der Waals surface area contributed by atoms with E-state index in [4.69, 9.17) is 11.6 Å². The Balaban J connectivity index is 1.67. The number of nitrogens with zero attached hydrogens (tertiary/aromatic N) is 3. The van der Waals surface area contributed by atoms with Gasteiger partial charge in [0.15, 0.2) is 0 Å². The standard InChI is InChI=1S/C19H18ClN3O4/c1-13-5-6-15(12-17(13)23(26)27)19(25)22-9-7-21(8-10-22)18(24)14-3-2-4-16(20)11-14/h2-6,11-12H,7-10H2,1H3. The number of nitro groups is 1. The number of piperazine rings is 1. The van der Waals surface area contributed by atoms with Crippen LogP contribution in [0, 0.1) is 17.0 Å². The first-order valence-corrected chi connectivity index (χ1v) is 8.84. The lowest BCUT2D eigenvalue weighted by atomic mass is 10.1. The first-order valence-electron chi connectivity index (χ1n) is 8.46. The molecule has 0 spiro atoms. The highest BCUT2D eigenvalue weighted by atomic mass is 35.5. The van der Waals surface area contributed by atoms with Crippen LogP contribution >= 0.6 is 11.6 Å². The lowest BCUT2D eigenvalue weighted by Gasteiger charge is -2.34. The van der Waals surface area contributed by atoms with Crippen molar-refractivity contribution in [2.45, 2.75) is 6.92 Å². The molecule has 0 bridgehead atoms. The summed E-state index contributed by atoms with van der Waals surface area (Å²) in [5.74, 6) is -0.400. The van der Waals surface area contributed by atoms with Crippen LogP contribution in [0.1, 0.15) is 26.3 Å². The maximum absolute atomic E-state index is 12.7. The molecule has 0 saturated carbocycles. The van der Waals surface area contributed by atoms with Crippen molar-refractivity contribution in [3.8, 4) is 0 Å². The summed E-state index contributed by atoms with van der Waals surface area (Å²) in [4.78, 5) is 39.1. The van der Waals surface area contributed by atoms with E-state index in [1.54, 1.807) is 53.1 Å². The van der Waals surface area contributed by atoms with E-state index in [0.29, 0.717) is 42.3 Å². The summed E-state index contributed by atoms with van der Waals surface area (Å²) in [7, 11) is 0. The number of halogens is 1. The van der Waals surface area contributed by atoms with Gasteiger partial charge in [0.1, 0.15) is 0 Å². The van der Waals surface area contributed by atoms with E-state index in [2.05, 4.69) is 0 Å². The van der Waals surface area contributed by atoms with E-state index < -0.39 is 4.92 Å². The molecule has 7 nitrogen and oxygen atoms in total. The fraction of sp³-hybridized carbons (Fsp3) is 0.263. The molecule has 0 N–H and O–H groups in total. The molecule has 3 rings (SSSR count). The van der Waals surface area contributed by atoms with Crippen molar-refractivity contribution in [2.24, 2.45) is 0 Å². The molecule has 0 radical (unpaired) electrons. The minimum absolute atomic E-state index is 0.0735. The summed E-state index contributed by atoms with van der Waals surface area (Å²) in [6, 6.07) is 11.2. The maximum atomic E-state index is 12.7. The number of carbonyl (C=O) groups excluding carboxylic acids is 2. The molecule has 2 aromatic rings. The third-order valence-corrected chi connectivity index (χ3v) is 4.81. The molecule has 1 aliphatic rings. The number of nitro benzene ring substituents is 1. The molecular formula is C19H18ClN3O4. The van der Waals surface area contributed by atoms with Crippen molar-refractivity contribution in [1.29, 1.82) is 0 Å². The fourth-order valence-electron chi connectivity index (χ4n) is 3.04. The molecule has 2 amide bonds. The maximum Gasteiger partial charge on any atom is 0.273 e. The summed E-state index contributed by atoms with van der Waals surface area (Å²) in [6.45, 7) is 3.16. The Labute approximate surface area is 161 Å². The van der Waals surface area contributed by atoms with E-state index in [1.165, 1.54) is 6.07 Å². The van der Waals surface area contributed by atoms with Gasteiger partial charge in [0.05, 0.1) is 4.92 Å². The highest BCUT2D eigenvalue weighted by molar-refractivity contribution is 6.30. The minimum atomic E-state index is -0.492. The Morgan fingerprint density at radius 2 is 1.52 bits per heavy atom. The van der Waals surface area contributed by atoms with Crippen molar-refractivity contribution < 1.29 is 14.5 Å². The van der Waals surface area contributed by atoms with Crippen molar-refractivity contribution in [3.05, 3.63) is 74.3 Å². The average molecular weight is 388 g/mol. The zero-order chi connectivity index (χ0) is 19.6. The Hall–Kier alpha value is -2.93. The van der Waals surface area contributed by atoms with Crippen LogP contribution in [0.5, 0.6) is 0 Å². The van der Waals surface area contributed by atoms with E-state index in [0.717, 1.165) is 0 Å². The second-order valence-electron chi connectivity index (χ2n) is 6.35. The number of aryl methyl sites for hydroxylation is 1. The van der Waals surface area contributed by atoms with E-state index in [1.807, 2.05) is 0 Å². The Bertz CT molecular complexity index is 908. The third kappa shape index (κ3) is 4.09. The molecule has 0 aliphatic carbocycles. The fourth-order valence-corrected chi connectivity index (χ4v) is 3.23. The van der Waals surface area contributed by atoms with Crippen LogP contribution in [-0.4, -0.2) is 52.7 Å². The second kappa shape index (κ2) is 7.75. The van der Waals surface area contributed by atoms with E-state index in [-0.39, 0.29) is 23.1 Å². The molecule has 0 unspecified atom stereocenters. The van der Waals surface area contributed by atoms with Crippen molar-refractivity contribution in [1.82, 2.24) is 9.80 Å². The van der Waals surface area contributed by atoms with Gasteiger partial charge in [0, 0.05) is 54.0 Å². The van der Waals surface area contributed by atoms with Crippen LogP contribution in [0.25, 0.3) is 0 Å². The summed E-state index contributed by atoms with van der Waals surface area (Å²) >= 11 is 5.93. The molecule has 0 atom stereocenters. The number of amides is 2. The van der Waals surface area contributed by atoms with Gasteiger partial charge in [-0.05, 0) is 31.2 Å². The quantitative estimate of drug-likeness (QED) is 0.598. The molecule has 2 aromatic carbocycles. The zero-order valence-corrected chi connectivity index (χ0v) is 15.5. The average Bonchev–Trinajstić information content (AvgIpc) is 2.67. The Morgan fingerprint density at radius 3 is 2.04 bits per heavy atom. The van der Waals surface area contributed by atoms with E-state index >= 15 is 0 Å². The summed E-state index contributed by atoms with van der Waals surface area (Å²) in [6.07, 6.45) is 0. The van der Waals surface area contributed by atoms with Crippen molar-refractivity contribution in [3.63, 3.8) is 0 Å². The summed E-state index contributed by atoms with van der Waals surface area (Å²) in [5.41, 5.74) is 1.22. The highest BCUT2D eigenvalue weighted by Crippen LogP contribution is 2.21. The van der Waals surface area contributed by atoms with Gasteiger partial charge in [-0.2, -0.15) is 0 Å². The zero-order valence-electron chi connectivity index (χ0n) is 14.7. The minimum Gasteiger partial charge on any atom is -0.335 e. The summed E-state index contributed by atoms with van der Waals surface area (Å²) < 4.78 is 0. The lowest BCUT2D eigenvalue weighted by molar-refractivity contribution is -0.385. The molecule has 0 aromatic heterocycles. The van der Waals surface area contributed by atoms with Crippen LogP contribution in [0.4, 0.5) is 5.69 Å². The largest absolute Gasteiger partial charge is 0.335 e. The lowest BCUT2D eigenvalue weighted by Crippen LogP contribution is -2.50. The predicted octanol–water partition coefficient (Wildman–Crippen LogP) is 3.15. The highest BCUT2D eigenvalue weighted by Gasteiger charge is 2.26. The third-order valence-electron chi connectivity index (χ3n) is 4.58. The predicted molar refractivity (Wildman–Crippen MR) is 101 cm³/mol. The first-order chi connectivity index (χ1) is 12.9. The van der Waals surface area contributed by atoms with Gasteiger partial charge in [-0.15, -0.1) is 0 Å². The molecule has 140 valence electrons.